The third-order valence-corrected chi connectivity index (χ3v) is 4.47. The second-order valence-electron chi connectivity index (χ2n) is 4.80. The summed E-state index contributed by atoms with van der Waals surface area (Å²) in [5.74, 6) is -1.05. The standard InChI is InChI=1S/C16H17NO3S/c1-10-11(2)21-9-14(10)15(18)17-8-7-12-5-3-4-6-13(12)16(19)20/h3-6,9H,7-8H2,1-2H3,(H,17,18)(H,19,20). The van der Waals surface area contributed by atoms with Crippen molar-refractivity contribution in [3.63, 3.8) is 0 Å². The van der Waals surface area contributed by atoms with Crippen LogP contribution >= 0.6 is 11.3 Å². The Kier molecular flexibility index (Phi) is 4.75. The van der Waals surface area contributed by atoms with Gasteiger partial charge in [0.2, 0.25) is 0 Å². The van der Waals surface area contributed by atoms with E-state index in [1.165, 1.54) is 0 Å². The van der Waals surface area contributed by atoms with Gasteiger partial charge in [-0.05, 0) is 37.5 Å². The normalized spacial score (nSPS) is 10.4. The lowest BCUT2D eigenvalue weighted by atomic mass is 10.0. The highest BCUT2D eigenvalue weighted by molar-refractivity contribution is 7.10. The van der Waals surface area contributed by atoms with Crippen LogP contribution in [0.3, 0.4) is 0 Å². The van der Waals surface area contributed by atoms with Crippen LogP contribution in [0.4, 0.5) is 0 Å². The Hall–Kier alpha value is -2.14. The maximum atomic E-state index is 12.1. The minimum Gasteiger partial charge on any atom is -0.478 e. The zero-order chi connectivity index (χ0) is 15.4. The van der Waals surface area contributed by atoms with Crippen LogP contribution in [-0.4, -0.2) is 23.5 Å². The number of hydrogen-bond acceptors (Lipinski definition) is 3. The number of benzene rings is 1. The van der Waals surface area contributed by atoms with Gasteiger partial charge in [-0.15, -0.1) is 11.3 Å². The number of carboxylic acid groups (broad SMARTS) is 1. The third-order valence-electron chi connectivity index (χ3n) is 3.46. The maximum absolute atomic E-state index is 12.1. The lowest BCUT2D eigenvalue weighted by Crippen LogP contribution is -2.26. The molecule has 0 atom stereocenters. The molecule has 0 spiro atoms. The number of rotatable bonds is 5. The van der Waals surface area contributed by atoms with Crippen molar-refractivity contribution >= 4 is 23.2 Å². The molecular formula is C16H17NO3S. The second-order valence-corrected chi connectivity index (χ2v) is 5.88. The van der Waals surface area contributed by atoms with Crippen LogP contribution in [0.2, 0.25) is 0 Å². The van der Waals surface area contributed by atoms with E-state index in [0.29, 0.717) is 18.5 Å². The molecule has 0 aliphatic heterocycles. The van der Waals surface area contributed by atoms with Gasteiger partial charge in [0.05, 0.1) is 11.1 Å². The van der Waals surface area contributed by atoms with Gasteiger partial charge in [0.15, 0.2) is 0 Å². The van der Waals surface area contributed by atoms with Crippen molar-refractivity contribution in [3.05, 3.63) is 56.8 Å². The number of aromatic carboxylic acids is 1. The highest BCUT2D eigenvalue weighted by Crippen LogP contribution is 2.20. The molecule has 2 rings (SSSR count). The fourth-order valence-corrected chi connectivity index (χ4v) is 2.96. The predicted molar refractivity (Wildman–Crippen MR) is 83.2 cm³/mol. The van der Waals surface area contributed by atoms with Gasteiger partial charge in [0.1, 0.15) is 0 Å². The zero-order valence-electron chi connectivity index (χ0n) is 12.0. The summed E-state index contributed by atoms with van der Waals surface area (Å²) in [6.45, 7) is 4.33. The number of nitrogens with one attached hydrogen (secondary N) is 1. The number of thiophene rings is 1. The molecule has 110 valence electrons. The first kappa shape index (κ1) is 15.3. The Labute approximate surface area is 127 Å². The summed E-state index contributed by atoms with van der Waals surface area (Å²) in [5.41, 5.74) is 2.71. The van der Waals surface area contributed by atoms with Gasteiger partial charge in [-0.25, -0.2) is 4.79 Å². The number of hydrogen-bond donors (Lipinski definition) is 2. The van der Waals surface area contributed by atoms with Crippen molar-refractivity contribution < 1.29 is 14.7 Å². The summed E-state index contributed by atoms with van der Waals surface area (Å²) in [7, 11) is 0. The van der Waals surface area contributed by atoms with Gasteiger partial charge >= 0.3 is 5.97 Å². The molecule has 1 amide bonds. The van der Waals surface area contributed by atoms with E-state index in [2.05, 4.69) is 5.32 Å². The molecule has 4 nitrogen and oxygen atoms in total. The van der Waals surface area contributed by atoms with E-state index in [-0.39, 0.29) is 11.5 Å². The first-order chi connectivity index (χ1) is 10.0. The Bertz CT molecular complexity index is 676. The number of carbonyl (C=O) groups is 2. The molecule has 0 saturated carbocycles. The van der Waals surface area contributed by atoms with E-state index in [4.69, 9.17) is 5.11 Å². The van der Waals surface area contributed by atoms with Gasteiger partial charge in [-0.3, -0.25) is 4.79 Å². The molecule has 5 heteroatoms. The molecule has 0 unspecified atom stereocenters. The molecule has 21 heavy (non-hydrogen) atoms. The smallest absolute Gasteiger partial charge is 0.335 e. The van der Waals surface area contributed by atoms with E-state index >= 15 is 0 Å². The van der Waals surface area contributed by atoms with Crippen LogP contribution in [0.15, 0.2) is 29.6 Å². The van der Waals surface area contributed by atoms with Gasteiger partial charge in [0.25, 0.3) is 5.91 Å². The topological polar surface area (TPSA) is 66.4 Å². The molecule has 1 aromatic heterocycles. The Balaban J connectivity index is 1.97. The van der Waals surface area contributed by atoms with Crippen molar-refractivity contribution in [3.8, 4) is 0 Å². The Morgan fingerprint density at radius 1 is 1.19 bits per heavy atom. The average molecular weight is 303 g/mol. The van der Waals surface area contributed by atoms with Gasteiger partial charge in [0, 0.05) is 16.8 Å². The first-order valence-corrected chi connectivity index (χ1v) is 7.52. The number of carbonyl (C=O) groups excluding carboxylic acids is 1. The monoisotopic (exact) mass is 303 g/mol. The molecule has 0 saturated heterocycles. The number of carboxylic acids is 1. The van der Waals surface area contributed by atoms with E-state index < -0.39 is 5.97 Å². The van der Waals surface area contributed by atoms with Crippen LogP contribution < -0.4 is 5.32 Å². The summed E-state index contributed by atoms with van der Waals surface area (Å²) in [4.78, 5) is 24.3. The summed E-state index contributed by atoms with van der Waals surface area (Å²) in [6.07, 6.45) is 0.496. The van der Waals surface area contributed by atoms with Gasteiger partial charge < -0.3 is 10.4 Å². The lowest BCUT2D eigenvalue weighted by Gasteiger charge is -2.07. The van der Waals surface area contributed by atoms with Gasteiger partial charge in [-0.2, -0.15) is 0 Å². The summed E-state index contributed by atoms with van der Waals surface area (Å²) < 4.78 is 0. The minimum atomic E-state index is -0.943. The highest BCUT2D eigenvalue weighted by atomic mass is 32.1. The van der Waals surface area contributed by atoms with Crippen molar-refractivity contribution in [2.24, 2.45) is 0 Å². The third kappa shape index (κ3) is 3.49. The van der Waals surface area contributed by atoms with Crippen molar-refractivity contribution in [2.45, 2.75) is 20.3 Å². The van der Waals surface area contributed by atoms with Crippen molar-refractivity contribution in [1.29, 1.82) is 0 Å². The Morgan fingerprint density at radius 3 is 2.52 bits per heavy atom. The summed E-state index contributed by atoms with van der Waals surface area (Å²) in [5, 5.41) is 13.8. The summed E-state index contributed by atoms with van der Waals surface area (Å²) >= 11 is 1.56. The molecule has 0 aliphatic rings. The van der Waals surface area contributed by atoms with E-state index in [1.54, 1.807) is 35.6 Å². The van der Waals surface area contributed by atoms with Gasteiger partial charge in [-0.1, -0.05) is 18.2 Å². The molecule has 2 N–H and O–H groups in total. The lowest BCUT2D eigenvalue weighted by molar-refractivity contribution is 0.0695. The molecule has 0 fully saturated rings. The molecule has 0 radical (unpaired) electrons. The minimum absolute atomic E-state index is 0.107. The first-order valence-electron chi connectivity index (χ1n) is 6.64. The molecule has 2 aromatic rings. The van der Waals surface area contributed by atoms with E-state index in [1.807, 2.05) is 19.2 Å². The fraction of sp³-hybridized carbons (Fsp3) is 0.250. The zero-order valence-corrected chi connectivity index (χ0v) is 12.8. The Morgan fingerprint density at radius 2 is 1.90 bits per heavy atom. The number of aryl methyl sites for hydroxylation is 1. The predicted octanol–water partition coefficient (Wildman–Crippen LogP) is 3.04. The fourth-order valence-electron chi connectivity index (χ4n) is 2.09. The van der Waals surface area contributed by atoms with Crippen LogP contribution in [0.1, 0.15) is 36.7 Å². The van der Waals surface area contributed by atoms with Crippen molar-refractivity contribution in [1.82, 2.24) is 5.32 Å². The van der Waals surface area contributed by atoms with Crippen molar-refractivity contribution in [2.75, 3.05) is 6.54 Å². The largest absolute Gasteiger partial charge is 0.478 e. The summed E-state index contributed by atoms with van der Waals surface area (Å²) in [6, 6.07) is 6.85. The van der Waals surface area contributed by atoms with Crippen LogP contribution in [-0.2, 0) is 6.42 Å². The molecule has 1 heterocycles. The average Bonchev–Trinajstić information content (AvgIpc) is 2.79. The molecule has 0 aliphatic carbocycles. The van der Waals surface area contributed by atoms with Crippen LogP contribution in [0, 0.1) is 13.8 Å². The van der Waals surface area contributed by atoms with E-state index in [0.717, 1.165) is 16.0 Å². The second kappa shape index (κ2) is 6.54. The number of amides is 1. The quantitative estimate of drug-likeness (QED) is 0.892. The van der Waals surface area contributed by atoms with Crippen LogP contribution in [0.5, 0.6) is 0 Å². The molecular weight excluding hydrogens is 286 g/mol. The highest BCUT2D eigenvalue weighted by Gasteiger charge is 2.13. The van der Waals surface area contributed by atoms with E-state index in [9.17, 15) is 9.59 Å². The molecule has 0 bridgehead atoms. The molecule has 1 aromatic carbocycles. The van der Waals surface area contributed by atoms with Crippen LogP contribution in [0.25, 0.3) is 0 Å². The maximum Gasteiger partial charge on any atom is 0.335 e. The SMILES string of the molecule is Cc1scc(C(=O)NCCc2ccccc2C(=O)O)c1C.